The minimum Gasteiger partial charge on any atom is -0.274 e. The molecule has 2 amide bonds. The molecule has 0 aromatic rings. The molecule has 1 heterocycles. The number of hydrazine groups is 1. The first-order valence-electron chi connectivity index (χ1n) is 3.67. The van der Waals surface area contributed by atoms with Crippen LogP contribution in [-0.4, -0.2) is 23.4 Å². The molecule has 0 saturated carbocycles. The summed E-state index contributed by atoms with van der Waals surface area (Å²) < 4.78 is 0. The van der Waals surface area contributed by atoms with E-state index in [-0.39, 0.29) is 11.8 Å². The highest BCUT2D eigenvalue weighted by Gasteiger charge is 2.26. The van der Waals surface area contributed by atoms with Crippen molar-refractivity contribution in [1.29, 1.82) is 0 Å². The molecule has 0 aromatic carbocycles. The van der Waals surface area contributed by atoms with E-state index in [4.69, 9.17) is 0 Å². The van der Waals surface area contributed by atoms with Crippen LogP contribution in [0.2, 0.25) is 0 Å². The van der Waals surface area contributed by atoms with Crippen molar-refractivity contribution in [2.45, 2.75) is 20.3 Å². The smallest absolute Gasteiger partial charge is 0.241 e. The molecule has 0 bridgehead atoms. The summed E-state index contributed by atoms with van der Waals surface area (Å²) in [6, 6.07) is 0. The predicted molar refractivity (Wildman–Crippen MR) is 39.3 cm³/mol. The minimum absolute atomic E-state index is 0.00713. The fraction of sp³-hybridized carbons (Fsp3) is 0.714. The second kappa shape index (κ2) is 2.90. The lowest BCUT2D eigenvalue weighted by atomic mass is 10.2. The molecule has 11 heavy (non-hydrogen) atoms. The first kappa shape index (κ1) is 8.04. The van der Waals surface area contributed by atoms with Gasteiger partial charge in [0.25, 0.3) is 0 Å². The number of amides is 2. The van der Waals surface area contributed by atoms with Crippen molar-refractivity contribution in [2.75, 3.05) is 6.54 Å². The van der Waals surface area contributed by atoms with Crippen LogP contribution >= 0.6 is 0 Å². The Kier molecular flexibility index (Phi) is 2.12. The van der Waals surface area contributed by atoms with Gasteiger partial charge in [-0.25, -0.2) is 0 Å². The molecule has 4 heteroatoms. The molecule has 1 rings (SSSR count). The number of nitrogens with zero attached hydrogens (tertiary/aromatic N) is 1. The molecule has 0 aliphatic carbocycles. The third-order valence-electron chi connectivity index (χ3n) is 1.61. The fourth-order valence-electron chi connectivity index (χ4n) is 1.18. The molecular formula is C7H12N2O2. The first-order chi connectivity index (χ1) is 5.09. The average molecular weight is 156 g/mol. The number of nitrogens with one attached hydrogen (secondary N) is 1. The van der Waals surface area contributed by atoms with Crippen LogP contribution in [0.15, 0.2) is 0 Å². The van der Waals surface area contributed by atoms with Gasteiger partial charge in [0.2, 0.25) is 11.8 Å². The SMILES string of the molecule is CC(=O)NN1CC(C)CC1=O. The van der Waals surface area contributed by atoms with Crippen LogP contribution < -0.4 is 5.43 Å². The van der Waals surface area contributed by atoms with Gasteiger partial charge in [-0.15, -0.1) is 0 Å². The molecule has 1 fully saturated rings. The highest BCUT2D eigenvalue weighted by atomic mass is 16.2. The number of hydrogen-bond acceptors (Lipinski definition) is 2. The highest BCUT2D eigenvalue weighted by molar-refractivity contribution is 5.82. The molecular weight excluding hydrogens is 144 g/mol. The van der Waals surface area contributed by atoms with Crippen molar-refractivity contribution >= 4 is 11.8 Å². The van der Waals surface area contributed by atoms with E-state index in [1.54, 1.807) is 0 Å². The predicted octanol–water partition coefficient (Wildman–Crippen LogP) is -0.0941. The molecule has 62 valence electrons. The summed E-state index contributed by atoms with van der Waals surface area (Å²) in [5.41, 5.74) is 2.47. The monoisotopic (exact) mass is 156 g/mol. The lowest BCUT2D eigenvalue weighted by Crippen LogP contribution is -2.41. The maximum absolute atomic E-state index is 11.0. The van der Waals surface area contributed by atoms with Gasteiger partial charge in [0.15, 0.2) is 0 Å². The molecule has 1 N–H and O–H groups in total. The number of hydrogen-bond donors (Lipinski definition) is 1. The van der Waals surface area contributed by atoms with E-state index < -0.39 is 0 Å². The Morgan fingerprint density at radius 2 is 2.36 bits per heavy atom. The molecule has 1 atom stereocenters. The van der Waals surface area contributed by atoms with Crippen LogP contribution in [0.1, 0.15) is 20.3 Å². The van der Waals surface area contributed by atoms with Crippen LogP contribution in [0.25, 0.3) is 0 Å². The summed E-state index contributed by atoms with van der Waals surface area (Å²) in [4.78, 5) is 21.6. The largest absolute Gasteiger partial charge is 0.274 e. The van der Waals surface area contributed by atoms with Gasteiger partial charge in [-0.1, -0.05) is 6.92 Å². The van der Waals surface area contributed by atoms with E-state index in [2.05, 4.69) is 5.43 Å². The summed E-state index contributed by atoms with van der Waals surface area (Å²) in [5.74, 6) is 0.175. The summed E-state index contributed by atoms with van der Waals surface area (Å²) in [5, 5.41) is 1.38. The van der Waals surface area contributed by atoms with E-state index in [0.29, 0.717) is 18.9 Å². The van der Waals surface area contributed by atoms with Crippen LogP contribution in [0.3, 0.4) is 0 Å². The van der Waals surface area contributed by atoms with Gasteiger partial charge in [-0.2, -0.15) is 0 Å². The van der Waals surface area contributed by atoms with E-state index >= 15 is 0 Å². The zero-order chi connectivity index (χ0) is 8.43. The summed E-state index contributed by atoms with van der Waals surface area (Å²) >= 11 is 0. The topological polar surface area (TPSA) is 49.4 Å². The maximum atomic E-state index is 11.0. The summed E-state index contributed by atoms with van der Waals surface area (Å²) in [7, 11) is 0. The molecule has 0 aromatic heterocycles. The second-order valence-electron chi connectivity index (χ2n) is 2.98. The first-order valence-corrected chi connectivity index (χ1v) is 3.67. The van der Waals surface area contributed by atoms with Gasteiger partial charge in [0.1, 0.15) is 0 Å². The van der Waals surface area contributed by atoms with Crippen molar-refractivity contribution in [1.82, 2.24) is 10.4 Å². The van der Waals surface area contributed by atoms with E-state index in [9.17, 15) is 9.59 Å². The molecule has 1 saturated heterocycles. The number of rotatable bonds is 1. The van der Waals surface area contributed by atoms with Gasteiger partial charge in [0.05, 0.1) is 0 Å². The Bertz CT molecular complexity index is 191. The standard InChI is InChI=1S/C7H12N2O2/c1-5-3-7(11)9(4-5)8-6(2)10/h5H,3-4H2,1-2H3,(H,8,10). The van der Waals surface area contributed by atoms with Crippen LogP contribution in [0.4, 0.5) is 0 Å². The van der Waals surface area contributed by atoms with Crippen LogP contribution in [-0.2, 0) is 9.59 Å². The molecule has 1 unspecified atom stereocenters. The summed E-state index contributed by atoms with van der Waals surface area (Å²) in [6.45, 7) is 4.02. The molecule has 4 nitrogen and oxygen atoms in total. The van der Waals surface area contributed by atoms with Crippen molar-refractivity contribution in [3.8, 4) is 0 Å². The third kappa shape index (κ3) is 1.93. The van der Waals surface area contributed by atoms with E-state index in [1.165, 1.54) is 11.9 Å². The Balaban J connectivity index is 2.47. The Morgan fingerprint density at radius 3 is 2.73 bits per heavy atom. The minimum atomic E-state index is -0.188. The van der Waals surface area contributed by atoms with Gasteiger partial charge in [-0.3, -0.25) is 20.0 Å². The number of carbonyl (C=O) groups is 2. The fourth-order valence-corrected chi connectivity index (χ4v) is 1.18. The van der Waals surface area contributed by atoms with E-state index in [1.807, 2.05) is 6.92 Å². The number of carbonyl (C=O) groups excluding carboxylic acids is 2. The normalized spacial score (nSPS) is 24.0. The van der Waals surface area contributed by atoms with Gasteiger partial charge >= 0.3 is 0 Å². The third-order valence-corrected chi connectivity index (χ3v) is 1.61. The van der Waals surface area contributed by atoms with Crippen molar-refractivity contribution in [3.05, 3.63) is 0 Å². The quantitative estimate of drug-likeness (QED) is 0.576. The Hall–Kier alpha value is -1.06. The molecule has 1 aliphatic rings. The molecule has 0 spiro atoms. The molecule has 1 aliphatic heterocycles. The van der Waals surface area contributed by atoms with Crippen LogP contribution in [0, 0.1) is 5.92 Å². The van der Waals surface area contributed by atoms with Crippen molar-refractivity contribution in [3.63, 3.8) is 0 Å². The maximum Gasteiger partial charge on any atom is 0.241 e. The van der Waals surface area contributed by atoms with Crippen molar-refractivity contribution < 1.29 is 9.59 Å². The average Bonchev–Trinajstić information content (AvgIpc) is 2.09. The molecule has 0 radical (unpaired) electrons. The zero-order valence-corrected chi connectivity index (χ0v) is 6.76. The Morgan fingerprint density at radius 1 is 1.73 bits per heavy atom. The summed E-state index contributed by atoms with van der Waals surface area (Å²) in [6.07, 6.45) is 0.542. The lowest BCUT2D eigenvalue weighted by molar-refractivity contribution is -0.137. The highest BCUT2D eigenvalue weighted by Crippen LogP contribution is 2.13. The van der Waals surface area contributed by atoms with Gasteiger partial charge in [-0.05, 0) is 5.92 Å². The Labute approximate surface area is 65.5 Å². The van der Waals surface area contributed by atoms with Crippen LogP contribution in [0.5, 0.6) is 0 Å². The van der Waals surface area contributed by atoms with Crippen molar-refractivity contribution in [2.24, 2.45) is 5.92 Å². The van der Waals surface area contributed by atoms with E-state index in [0.717, 1.165) is 0 Å². The zero-order valence-electron chi connectivity index (χ0n) is 6.76. The second-order valence-corrected chi connectivity index (χ2v) is 2.98. The lowest BCUT2D eigenvalue weighted by Gasteiger charge is -2.15. The van der Waals surface area contributed by atoms with Gasteiger partial charge in [0, 0.05) is 19.9 Å². The van der Waals surface area contributed by atoms with Gasteiger partial charge < -0.3 is 0 Å².